The van der Waals surface area contributed by atoms with Gasteiger partial charge in [-0.1, -0.05) is 60.7 Å². The van der Waals surface area contributed by atoms with Crippen LogP contribution < -0.4 is 9.64 Å². The number of hydrogen-bond acceptors (Lipinski definition) is 5. The predicted octanol–water partition coefficient (Wildman–Crippen LogP) is 4.89. The quantitative estimate of drug-likeness (QED) is 0.575. The summed E-state index contributed by atoms with van der Waals surface area (Å²) in [5.41, 5.74) is 3.45. The third-order valence-corrected chi connectivity index (χ3v) is 6.13. The minimum atomic E-state index is -0.155. The number of hydrogen-bond donors (Lipinski definition) is 1. The third kappa shape index (κ3) is 4.54. The van der Waals surface area contributed by atoms with Crippen molar-refractivity contribution in [3.8, 4) is 11.5 Å². The van der Waals surface area contributed by atoms with Gasteiger partial charge in [-0.3, -0.25) is 9.69 Å². The lowest BCUT2D eigenvalue weighted by Gasteiger charge is -2.36. The van der Waals surface area contributed by atoms with E-state index in [1.807, 2.05) is 48.6 Å². The zero-order chi connectivity index (χ0) is 22.6. The third-order valence-electron chi connectivity index (χ3n) is 6.13. The summed E-state index contributed by atoms with van der Waals surface area (Å²) in [6.07, 6.45) is 5.43. The average molecular weight is 439 g/mol. The van der Waals surface area contributed by atoms with Crippen LogP contribution in [0.25, 0.3) is 6.08 Å². The van der Waals surface area contributed by atoms with Gasteiger partial charge in [-0.2, -0.15) is 0 Å². The molecule has 0 saturated carbocycles. The highest BCUT2D eigenvalue weighted by Gasteiger charge is 2.31. The number of ketones is 1. The van der Waals surface area contributed by atoms with Crippen LogP contribution in [0, 0.1) is 0 Å². The van der Waals surface area contributed by atoms with Gasteiger partial charge in [-0.25, -0.2) is 0 Å². The van der Waals surface area contributed by atoms with Gasteiger partial charge in [-0.15, -0.1) is 0 Å². The van der Waals surface area contributed by atoms with Crippen LogP contribution in [0.1, 0.15) is 21.5 Å². The van der Waals surface area contributed by atoms with Gasteiger partial charge in [0.15, 0.2) is 5.76 Å². The first-order valence-electron chi connectivity index (χ1n) is 11.2. The molecule has 33 heavy (non-hydrogen) atoms. The van der Waals surface area contributed by atoms with Gasteiger partial charge in [0.05, 0.1) is 11.1 Å². The maximum atomic E-state index is 12.9. The first-order chi connectivity index (χ1) is 16.2. The normalized spacial score (nSPS) is 17.5. The number of carbonyl (C=O) groups is 1. The summed E-state index contributed by atoms with van der Waals surface area (Å²) in [6, 6.07) is 23.5. The lowest BCUT2D eigenvalue weighted by molar-refractivity contribution is 0.101. The van der Waals surface area contributed by atoms with Gasteiger partial charge >= 0.3 is 0 Å². The smallest absolute Gasteiger partial charge is 0.231 e. The first kappa shape index (κ1) is 21.0. The molecular formula is C28H26N2O3. The van der Waals surface area contributed by atoms with E-state index in [0.29, 0.717) is 23.4 Å². The minimum absolute atomic E-state index is 0.155. The predicted molar refractivity (Wildman–Crippen MR) is 131 cm³/mol. The number of phenolic OH excluding ortho intramolecular Hbond substituents is 1. The fourth-order valence-corrected chi connectivity index (χ4v) is 4.30. The van der Waals surface area contributed by atoms with Gasteiger partial charge in [0.1, 0.15) is 11.5 Å². The number of piperazine rings is 1. The van der Waals surface area contributed by atoms with Crippen molar-refractivity contribution in [1.82, 2.24) is 4.90 Å². The highest BCUT2D eigenvalue weighted by atomic mass is 16.5. The fourth-order valence-electron chi connectivity index (χ4n) is 4.30. The molecule has 166 valence electrons. The highest BCUT2D eigenvalue weighted by Crippen LogP contribution is 2.39. The highest BCUT2D eigenvalue weighted by molar-refractivity contribution is 6.12. The summed E-state index contributed by atoms with van der Waals surface area (Å²) < 4.78 is 5.96. The number of benzene rings is 3. The Bertz CT molecular complexity index is 1190. The fraction of sp³-hybridized carbons (Fsp3) is 0.179. The topological polar surface area (TPSA) is 53.0 Å². The molecule has 1 saturated heterocycles. The lowest BCUT2D eigenvalue weighted by Crippen LogP contribution is -2.46. The van der Waals surface area contributed by atoms with E-state index in [2.05, 4.69) is 34.1 Å². The molecule has 0 bridgehead atoms. The van der Waals surface area contributed by atoms with Crippen molar-refractivity contribution in [3.63, 3.8) is 0 Å². The second kappa shape index (κ2) is 9.35. The van der Waals surface area contributed by atoms with Gasteiger partial charge in [0.25, 0.3) is 0 Å². The van der Waals surface area contributed by atoms with Crippen LogP contribution in [0.2, 0.25) is 0 Å². The molecule has 2 aliphatic rings. The zero-order valence-corrected chi connectivity index (χ0v) is 18.4. The van der Waals surface area contributed by atoms with E-state index in [0.717, 1.165) is 31.7 Å². The van der Waals surface area contributed by atoms with E-state index in [9.17, 15) is 9.90 Å². The SMILES string of the molecule is O=C1/C(=C/C=C/c2ccccc2)Oc2c1ccc(O)c2CN1CCN(c2ccccc2)CC1. The van der Waals surface area contributed by atoms with E-state index < -0.39 is 0 Å². The van der Waals surface area contributed by atoms with E-state index in [4.69, 9.17) is 4.74 Å². The Morgan fingerprint density at radius 3 is 2.30 bits per heavy atom. The van der Waals surface area contributed by atoms with Crippen LogP contribution in [0.4, 0.5) is 5.69 Å². The van der Waals surface area contributed by atoms with E-state index in [1.54, 1.807) is 18.2 Å². The van der Waals surface area contributed by atoms with Gasteiger partial charge < -0.3 is 14.7 Å². The number of Topliss-reactive ketones (excluding diaryl/α,β-unsaturated/α-hetero) is 1. The molecule has 5 nitrogen and oxygen atoms in total. The number of ether oxygens (including phenoxy) is 1. The summed E-state index contributed by atoms with van der Waals surface area (Å²) in [4.78, 5) is 17.5. The van der Waals surface area contributed by atoms with Crippen LogP contribution >= 0.6 is 0 Å². The van der Waals surface area contributed by atoms with Crippen LogP contribution in [0.5, 0.6) is 11.5 Å². The van der Waals surface area contributed by atoms with Crippen LogP contribution in [-0.2, 0) is 6.54 Å². The molecule has 5 heteroatoms. The maximum absolute atomic E-state index is 12.9. The molecule has 1 fully saturated rings. The maximum Gasteiger partial charge on any atom is 0.231 e. The number of fused-ring (bicyclic) bond motifs is 1. The summed E-state index contributed by atoms with van der Waals surface area (Å²) in [5.74, 6) is 0.758. The van der Waals surface area contributed by atoms with Crippen LogP contribution in [0.15, 0.2) is 90.7 Å². The first-order valence-corrected chi connectivity index (χ1v) is 11.2. The van der Waals surface area contributed by atoms with Crippen LogP contribution in [-0.4, -0.2) is 42.0 Å². The second-order valence-electron chi connectivity index (χ2n) is 8.27. The van der Waals surface area contributed by atoms with Crippen molar-refractivity contribution >= 4 is 17.5 Å². The van der Waals surface area contributed by atoms with E-state index in [1.165, 1.54) is 5.69 Å². The largest absolute Gasteiger partial charge is 0.507 e. The molecule has 0 radical (unpaired) electrons. The Kier molecular flexibility index (Phi) is 5.96. The average Bonchev–Trinajstić information content (AvgIpc) is 3.18. The van der Waals surface area contributed by atoms with E-state index >= 15 is 0 Å². The number of para-hydroxylation sites is 1. The Morgan fingerprint density at radius 1 is 0.879 bits per heavy atom. The molecule has 0 atom stereocenters. The van der Waals surface area contributed by atoms with Gasteiger partial charge in [-0.05, 0) is 35.9 Å². The molecule has 5 rings (SSSR count). The molecule has 0 aliphatic carbocycles. The summed E-state index contributed by atoms with van der Waals surface area (Å²) in [6.45, 7) is 4.10. The van der Waals surface area contributed by atoms with Crippen molar-refractivity contribution in [1.29, 1.82) is 0 Å². The van der Waals surface area contributed by atoms with Crippen molar-refractivity contribution < 1.29 is 14.6 Å². The van der Waals surface area contributed by atoms with Crippen molar-refractivity contribution in [2.24, 2.45) is 0 Å². The van der Waals surface area contributed by atoms with Gasteiger partial charge in [0.2, 0.25) is 5.78 Å². The monoisotopic (exact) mass is 438 g/mol. The number of allylic oxidation sites excluding steroid dienone is 3. The number of nitrogens with zero attached hydrogens (tertiary/aromatic N) is 2. The zero-order valence-electron chi connectivity index (χ0n) is 18.4. The molecule has 0 amide bonds. The Morgan fingerprint density at radius 2 is 1.58 bits per heavy atom. The molecule has 0 spiro atoms. The summed E-state index contributed by atoms with van der Waals surface area (Å²) >= 11 is 0. The summed E-state index contributed by atoms with van der Waals surface area (Å²) in [5, 5.41) is 10.6. The van der Waals surface area contributed by atoms with Crippen molar-refractivity contribution in [2.45, 2.75) is 6.54 Å². The molecule has 3 aromatic carbocycles. The number of anilines is 1. The summed E-state index contributed by atoms with van der Waals surface area (Å²) in [7, 11) is 0. The molecular weight excluding hydrogens is 412 g/mol. The van der Waals surface area contributed by atoms with Crippen molar-refractivity contribution in [2.75, 3.05) is 31.1 Å². The molecule has 2 heterocycles. The minimum Gasteiger partial charge on any atom is -0.507 e. The Balaban J connectivity index is 1.29. The molecule has 1 N–H and O–H groups in total. The number of phenols is 1. The second-order valence-corrected chi connectivity index (χ2v) is 8.27. The molecule has 0 aromatic heterocycles. The number of carbonyl (C=O) groups excluding carboxylic acids is 1. The lowest BCUT2D eigenvalue weighted by atomic mass is 10.0. The Labute approximate surface area is 193 Å². The standard InChI is InChI=1S/C28H26N2O3/c31-25-15-14-23-27(32)26(13-7-10-21-8-3-1-4-9-21)33-28(23)24(25)20-29-16-18-30(19-17-29)22-11-5-2-6-12-22/h1-15,31H,16-20H2/b10-7+,26-13-. The van der Waals surface area contributed by atoms with Crippen molar-refractivity contribution in [3.05, 3.63) is 107 Å². The number of aromatic hydroxyl groups is 1. The Hall–Kier alpha value is -3.83. The van der Waals surface area contributed by atoms with E-state index in [-0.39, 0.29) is 17.3 Å². The molecule has 3 aromatic rings. The van der Waals surface area contributed by atoms with Gasteiger partial charge in [0, 0.05) is 38.4 Å². The number of rotatable bonds is 5. The molecule has 2 aliphatic heterocycles. The van der Waals surface area contributed by atoms with Crippen LogP contribution in [0.3, 0.4) is 0 Å². The molecule has 0 unspecified atom stereocenters.